The Bertz CT molecular complexity index is 1220. The maximum absolute atomic E-state index is 12.7. The molecule has 4 rings (SSSR count). The first-order valence-corrected chi connectivity index (χ1v) is 11.6. The van der Waals surface area contributed by atoms with Crippen LogP contribution in [0, 0.1) is 0 Å². The Kier molecular flexibility index (Phi) is 5.62. The Balaban J connectivity index is 1.58. The van der Waals surface area contributed by atoms with Crippen LogP contribution in [-0.4, -0.2) is 80.4 Å². The Morgan fingerprint density at radius 3 is 2.37 bits per heavy atom. The van der Waals surface area contributed by atoms with Gasteiger partial charge < -0.3 is 0 Å². The third-order valence-corrected chi connectivity index (χ3v) is 7.93. The molecule has 11 heteroatoms. The number of aromatic nitrogens is 4. The van der Waals surface area contributed by atoms with Crippen LogP contribution in [0.5, 0.6) is 0 Å². The number of fused-ring (bicyclic) bond motifs is 3. The first kappa shape index (κ1) is 20.9. The van der Waals surface area contributed by atoms with Gasteiger partial charge in [-0.05, 0) is 12.1 Å². The highest BCUT2D eigenvalue weighted by Gasteiger charge is 2.31. The molecule has 1 aromatic carbocycles. The van der Waals surface area contributed by atoms with Crippen molar-refractivity contribution in [2.24, 2.45) is 7.05 Å². The van der Waals surface area contributed by atoms with E-state index in [0.29, 0.717) is 57.0 Å². The zero-order valence-electron chi connectivity index (χ0n) is 17.5. The zero-order chi connectivity index (χ0) is 21.5. The molecule has 1 aliphatic heterocycles. The largest absolute Gasteiger partial charge is 0.293 e. The predicted octanol–water partition coefficient (Wildman–Crippen LogP) is 0.285. The van der Waals surface area contributed by atoms with Gasteiger partial charge in [0, 0.05) is 46.3 Å². The van der Waals surface area contributed by atoms with Gasteiger partial charge in [0.05, 0.1) is 17.4 Å². The van der Waals surface area contributed by atoms with Crippen molar-refractivity contribution in [3.8, 4) is 0 Å². The first-order valence-electron chi connectivity index (χ1n) is 10.2. The van der Waals surface area contributed by atoms with Crippen molar-refractivity contribution in [3.05, 3.63) is 40.4 Å². The van der Waals surface area contributed by atoms with Gasteiger partial charge in [-0.3, -0.25) is 18.7 Å². The summed E-state index contributed by atoms with van der Waals surface area (Å²) in [6, 6.07) is 7.43. The van der Waals surface area contributed by atoms with Gasteiger partial charge >= 0.3 is 0 Å². The number of nitrogens with zero attached hydrogens (tertiary/aromatic N) is 7. The predicted molar refractivity (Wildman–Crippen MR) is 114 cm³/mol. The summed E-state index contributed by atoms with van der Waals surface area (Å²) in [7, 11) is -1.72. The van der Waals surface area contributed by atoms with Crippen LogP contribution in [0.2, 0.25) is 0 Å². The van der Waals surface area contributed by atoms with E-state index in [9.17, 15) is 13.2 Å². The second-order valence-corrected chi connectivity index (χ2v) is 9.33. The molecule has 3 heterocycles. The number of hydrogen-bond acceptors (Lipinski definition) is 6. The van der Waals surface area contributed by atoms with E-state index in [1.165, 1.54) is 8.87 Å². The lowest BCUT2D eigenvalue weighted by Gasteiger charge is -2.36. The molecule has 0 amide bonds. The van der Waals surface area contributed by atoms with E-state index in [2.05, 4.69) is 15.1 Å². The summed E-state index contributed by atoms with van der Waals surface area (Å²) < 4.78 is 31.9. The van der Waals surface area contributed by atoms with E-state index in [1.807, 2.05) is 36.4 Å². The van der Waals surface area contributed by atoms with Crippen LogP contribution in [0.4, 0.5) is 0 Å². The monoisotopic (exact) mass is 433 g/mol. The molecular weight excluding hydrogens is 406 g/mol. The van der Waals surface area contributed by atoms with Crippen molar-refractivity contribution in [1.29, 1.82) is 0 Å². The first-order chi connectivity index (χ1) is 14.4. The molecule has 0 saturated carbocycles. The minimum Gasteiger partial charge on any atom is -0.293 e. The molecule has 0 unspecified atom stereocenters. The van der Waals surface area contributed by atoms with Crippen molar-refractivity contribution in [2.75, 3.05) is 39.3 Å². The van der Waals surface area contributed by atoms with Gasteiger partial charge in [-0.2, -0.15) is 17.0 Å². The van der Waals surface area contributed by atoms with E-state index in [4.69, 9.17) is 0 Å². The summed E-state index contributed by atoms with van der Waals surface area (Å²) in [5.41, 5.74) is 0.672. The SMILES string of the molecule is CCN(CC)S(=O)(=O)N1CCN(Cc2nnc3n(C)c(=O)c4ccccc4n23)CC1. The highest BCUT2D eigenvalue weighted by atomic mass is 32.2. The molecule has 0 atom stereocenters. The van der Waals surface area contributed by atoms with Crippen molar-refractivity contribution >= 4 is 26.9 Å². The number of rotatable bonds is 6. The van der Waals surface area contributed by atoms with Gasteiger partial charge in [0.15, 0.2) is 5.82 Å². The minimum atomic E-state index is -3.41. The molecule has 30 heavy (non-hydrogen) atoms. The molecule has 1 saturated heterocycles. The molecule has 0 N–H and O–H groups in total. The molecule has 3 aromatic rings. The van der Waals surface area contributed by atoms with Gasteiger partial charge in [-0.15, -0.1) is 10.2 Å². The fourth-order valence-corrected chi connectivity index (χ4v) is 5.63. The Hall–Kier alpha value is -2.34. The molecule has 0 spiro atoms. The lowest BCUT2D eigenvalue weighted by molar-refractivity contribution is 0.172. The quantitative estimate of drug-likeness (QED) is 0.554. The van der Waals surface area contributed by atoms with Gasteiger partial charge in [0.25, 0.3) is 15.8 Å². The molecule has 0 radical (unpaired) electrons. The van der Waals surface area contributed by atoms with E-state index in [0.717, 1.165) is 11.3 Å². The maximum atomic E-state index is 12.7. The smallest absolute Gasteiger partial charge is 0.282 e. The van der Waals surface area contributed by atoms with E-state index in [-0.39, 0.29) is 5.56 Å². The molecule has 1 fully saturated rings. The van der Waals surface area contributed by atoms with Crippen molar-refractivity contribution in [2.45, 2.75) is 20.4 Å². The van der Waals surface area contributed by atoms with Crippen LogP contribution in [0.15, 0.2) is 29.1 Å². The number of hydrogen-bond donors (Lipinski definition) is 0. The lowest BCUT2D eigenvalue weighted by atomic mass is 10.2. The minimum absolute atomic E-state index is 0.104. The number of para-hydroxylation sites is 1. The standard InChI is InChI=1S/C19H27N7O3S/c1-4-24(5-2)30(28,29)25-12-10-23(11-13-25)14-17-20-21-19-22(3)18(27)15-8-6-7-9-16(15)26(17)19/h6-9H,4-5,10-14H2,1-3H3. The summed E-state index contributed by atoms with van der Waals surface area (Å²) in [5.74, 6) is 1.23. The fourth-order valence-electron chi connectivity index (χ4n) is 4.03. The summed E-state index contributed by atoms with van der Waals surface area (Å²) in [6.45, 7) is 7.27. The second kappa shape index (κ2) is 8.06. The van der Waals surface area contributed by atoms with Gasteiger partial charge in [0.2, 0.25) is 5.78 Å². The van der Waals surface area contributed by atoms with Gasteiger partial charge in [-0.25, -0.2) is 0 Å². The average molecular weight is 434 g/mol. The third-order valence-electron chi connectivity index (χ3n) is 5.75. The van der Waals surface area contributed by atoms with Crippen LogP contribution < -0.4 is 5.56 Å². The van der Waals surface area contributed by atoms with E-state index < -0.39 is 10.2 Å². The molecule has 0 aliphatic carbocycles. The fraction of sp³-hybridized carbons (Fsp3) is 0.526. The van der Waals surface area contributed by atoms with Crippen LogP contribution >= 0.6 is 0 Å². The van der Waals surface area contributed by atoms with E-state index in [1.54, 1.807) is 17.4 Å². The van der Waals surface area contributed by atoms with Crippen molar-refractivity contribution in [1.82, 2.24) is 32.7 Å². The van der Waals surface area contributed by atoms with Crippen LogP contribution in [0.1, 0.15) is 19.7 Å². The second-order valence-electron chi connectivity index (χ2n) is 7.40. The number of benzene rings is 1. The zero-order valence-corrected chi connectivity index (χ0v) is 18.3. The summed E-state index contributed by atoms with van der Waals surface area (Å²) in [6.07, 6.45) is 0. The highest BCUT2D eigenvalue weighted by molar-refractivity contribution is 7.86. The van der Waals surface area contributed by atoms with Gasteiger partial charge in [-0.1, -0.05) is 26.0 Å². The molecule has 2 aromatic heterocycles. The summed E-state index contributed by atoms with van der Waals surface area (Å²) in [4.78, 5) is 14.8. The Morgan fingerprint density at radius 2 is 1.70 bits per heavy atom. The summed E-state index contributed by atoms with van der Waals surface area (Å²) in [5, 5.41) is 9.18. The van der Waals surface area contributed by atoms with Crippen LogP contribution in [-0.2, 0) is 23.8 Å². The van der Waals surface area contributed by atoms with Crippen molar-refractivity contribution in [3.63, 3.8) is 0 Å². The molecular formula is C19H27N7O3S. The molecule has 1 aliphatic rings. The number of piperazine rings is 1. The molecule has 162 valence electrons. The lowest BCUT2D eigenvalue weighted by Crippen LogP contribution is -2.52. The Morgan fingerprint density at radius 1 is 1.03 bits per heavy atom. The van der Waals surface area contributed by atoms with Crippen LogP contribution in [0.25, 0.3) is 16.7 Å². The summed E-state index contributed by atoms with van der Waals surface area (Å²) >= 11 is 0. The van der Waals surface area contributed by atoms with E-state index >= 15 is 0 Å². The van der Waals surface area contributed by atoms with Crippen LogP contribution in [0.3, 0.4) is 0 Å². The van der Waals surface area contributed by atoms with Gasteiger partial charge in [0.1, 0.15) is 0 Å². The van der Waals surface area contributed by atoms with Crippen molar-refractivity contribution < 1.29 is 8.42 Å². The normalized spacial score (nSPS) is 16.8. The number of aryl methyl sites for hydroxylation is 1. The Labute approximate surface area is 175 Å². The maximum Gasteiger partial charge on any atom is 0.282 e. The molecule has 10 nitrogen and oxygen atoms in total. The average Bonchev–Trinajstić information content (AvgIpc) is 3.17. The third kappa shape index (κ3) is 3.41. The molecule has 0 bridgehead atoms. The highest BCUT2D eigenvalue weighted by Crippen LogP contribution is 2.17. The topological polar surface area (TPSA) is 96.1 Å².